The monoisotopic (exact) mass is 493 g/mol. The highest BCUT2D eigenvalue weighted by molar-refractivity contribution is 7.19. The molecule has 3 heterocycles. The summed E-state index contributed by atoms with van der Waals surface area (Å²) in [4.78, 5) is 28.6. The molecule has 1 aromatic carbocycles. The van der Waals surface area contributed by atoms with Crippen molar-refractivity contribution in [2.45, 2.75) is 51.2 Å². The van der Waals surface area contributed by atoms with Gasteiger partial charge in [0.25, 0.3) is 0 Å². The van der Waals surface area contributed by atoms with Crippen LogP contribution in [0.2, 0.25) is 0 Å². The van der Waals surface area contributed by atoms with Crippen LogP contribution < -0.4 is 5.32 Å². The first-order chi connectivity index (χ1) is 16.6. The van der Waals surface area contributed by atoms with E-state index in [9.17, 15) is 9.90 Å². The van der Waals surface area contributed by atoms with E-state index in [0.29, 0.717) is 18.8 Å². The topological polar surface area (TPSA) is 81.6 Å². The molecule has 1 amide bonds. The second-order valence-corrected chi connectivity index (χ2v) is 11.5. The van der Waals surface area contributed by atoms with Crippen LogP contribution in [0.4, 0.5) is 5.82 Å². The number of thiophene rings is 1. The van der Waals surface area contributed by atoms with Crippen molar-refractivity contribution in [1.82, 2.24) is 19.8 Å². The fourth-order valence-electron chi connectivity index (χ4n) is 5.23. The molecule has 0 saturated carbocycles. The molecule has 3 aromatic rings. The summed E-state index contributed by atoms with van der Waals surface area (Å²) in [6, 6.07) is 9.60. The Hall–Kier alpha value is -2.81. The zero-order valence-electron chi connectivity index (χ0n) is 21.4. The van der Waals surface area contributed by atoms with Gasteiger partial charge >= 0.3 is 0 Å². The maximum absolute atomic E-state index is 13.4. The molecule has 0 bridgehead atoms. The van der Waals surface area contributed by atoms with Crippen molar-refractivity contribution in [3.8, 4) is 0 Å². The zero-order chi connectivity index (χ0) is 25.4. The second-order valence-electron chi connectivity index (χ2n) is 10.5. The number of hydrogen-bond donors (Lipinski definition) is 2. The number of aliphatic hydroxyl groups excluding tert-OH is 1. The quantitative estimate of drug-likeness (QED) is 0.476. The number of carbonyl (C=O) groups excluding carboxylic acids is 1. The predicted octanol–water partition coefficient (Wildman–Crippen LogP) is 4.35. The lowest BCUT2D eigenvalue weighted by Gasteiger charge is -2.52. The van der Waals surface area contributed by atoms with E-state index < -0.39 is 11.1 Å². The molecule has 0 unspecified atom stereocenters. The lowest BCUT2D eigenvalue weighted by molar-refractivity contribution is -0.140. The van der Waals surface area contributed by atoms with Gasteiger partial charge in [0.2, 0.25) is 5.91 Å². The Morgan fingerprint density at radius 3 is 2.60 bits per heavy atom. The van der Waals surface area contributed by atoms with Crippen molar-refractivity contribution in [1.29, 1.82) is 0 Å². The number of hydrogen-bond acceptors (Lipinski definition) is 7. The van der Waals surface area contributed by atoms with E-state index in [-0.39, 0.29) is 18.6 Å². The molecule has 2 N–H and O–H groups in total. The average molecular weight is 494 g/mol. The molecule has 186 valence electrons. The number of nitrogens with zero attached hydrogens (tertiary/aromatic N) is 4. The van der Waals surface area contributed by atoms with Gasteiger partial charge in [0, 0.05) is 23.0 Å². The van der Waals surface area contributed by atoms with Crippen LogP contribution in [0.5, 0.6) is 0 Å². The van der Waals surface area contributed by atoms with Gasteiger partial charge in [-0.3, -0.25) is 4.79 Å². The molecule has 0 aliphatic carbocycles. The van der Waals surface area contributed by atoms with Gasteiger partial charge in [0.15, 0.2) is 0 Å². The zero-order valence-corrected chi connectivity index (χ0v) is 22.2. The highest BCUT2D eigenvalue weighted by Gasteiger charge is 2.48. The SMILES string of the molecule is CN(C)C/C=C/C(=O)N1C(C)(C)Cc2c(sc3ncnc(N[C@H](CO)c4ccccc4)c23)C1(C)C. The average Bonchev–Trinajstić information content (AvgIpc) is 3.16. The third-order valence-electron chi connectivity index (χ3n) is 6.56. The van der Waals surface area contributed by atoms with E-state index in [1.54, 1.807) is 23.7 Å². The first-order valence-corrected chi connectivity index (χ1v) is 12.7. The van der Waals surface area contributed by atoms with E-state index in [0.717, 1.165) is 20.7 Å². The second kappa shape index (κ2) is 9.68. The Morgan fingerprint density at radius 2 is 1.94 bits per heavy atom. The van der Waals surface area contributed by atoms with Crippen molar-refractivity contribution in [2.75, 3.05) is 32.6 Å². The molecule has 1 aliphatic rings. The van der Waals surface area contributed by atoms with E-state index in [1.807, 2.05) is 60.3 Å². The Kier molecular flexibility index (Phi) is 6.99. The van der Waals surface area contributed by atoms with Crippen LogP contribution in [0.15, 0.2) is 48.8 Å². The molecule has 2 aromatic heterocycles. The Morgan fingerprint density at radius 1 is 1.23 bits per heavy atom. The summed E-state index contributed by atoms with van der Waals surface area (Å²) < 4.78 is 0. The van der Waals surface area contributed by atoms with Gasteiger partial charge in [-0.15, -0.1) is 11.3 Å². The van der Waals surface area contributed by atoms with Crippen LogP contribution in [-0.2, 0) is 16.8 Å². The third kappa shape index (κ3) is 4.83. The fourth-order valence-corrected chi connectivity index (χ4v) is 6.48. The maximum Gasteiger partial charge on any atom is 0.247 e. The number of aromatic nitrogens is 2. The van der Waals surface area contributed by atoms with Crippen LogP contribution in [-0.4, -0.2) is 63.6 Å². The number of carbonyl (C=O) groups is 1. The van der Waals surface area contributed by atoms with E-state index in [1.165, 1.54) is 5.56 Å². The molecule has 1 atom stereocenters. The number of amides is 1. The molecule has 7 nitrogen and oxygen atoms in total. The van der Waals surface area contributed by atoms with Crippen molar-refractivity contribution in [3.63, 3.8) is 0 Å². The molecule has 0 fully saturated rings. The van der Waals surface area contributed by atoms with Gasteiger partial charge in [-0.1, -0.05) is 36.4 Å². The molecular formula is C27H35N5O2S. The summed E-state index contributed by atoms with van der Waals surface area (Å²) in [6.45, 7) is 9.13. The molecule has 0 spiro atoms. The predicted molar refractivity (Wildman–Crippen MR) is 143 cm³/mol. The largest absolute Gasteiger partial charge is 0.394 e. The first kappa shape index (κ1) is 25.3. The number of rotatable bonds is 7. The smallest absolute Gasteiger partial charge is 0.247 e. The van der Waals surface area contributed by atoms with Crippen LogP contribution >= 0.6 is 11.3 Å². The van der Waals surface area contributed by atoms with Gasteiger partial charge in [-0.25, -0.2) is 9.97 Å². The fraction of sp³-hybridized carbons (Fsp3) is 0.444. The van der Waals surface area contributed by atoms with Gasteiger partial charge in [0.05, 0.1) is 23.6 Å². The number of aliphatic hydroxyl groups is 1. The number of nitrogens with one attached hydrogen (secondary N) is 1. The molecule has 8 heteroatoms. The Balaban J connectivity index is 1.77. The van der Waals surface area contributed by atoms with Crippen molar-refractivity contribution < 1.29 is 9.90 Å². The molecule has 0 radical (unpaired) electrons. The summed E-state index contributed by atoms with van der Waals surface area (Å²) in [7, 11) is 3.97. The summed E-state index contributed by atoms with van der Waals surface area (Å²) >= 11 is 1.62. The molecule has 4 rings (SSSR count). The minimum atomic E-state index is -0.519. The Labute approximate surface area is 211 Å². The normalized spacial score (nSPS) is 17.7. The minimum Gasteiger partial charge on any atom is -0.394 e. The lowest BCUT2D eigenvalue weighted by Crippen LogP contribution is -2.60. The van der Waals surface area contributed by atoms with Crippen molar-refractivity contribution >= 4 is 33.3 Å². The summed E-state index contributed by atoms with van der Waals surface area (Å²) in [5.74, 6) is 0.728. The van der Waals surface area contributed by atoms with Crippen LogP contribution in [0, 0.1) is 0 Å². The summed E-state index contributed by atoms with van der Waals surface area (Å²) in [5.41, 5.74) is 1.24. The van der Waals surface area contributed by atoms with Gasteiger partial charge in [0.1, 0.15) is 17.0 Å². The van der Waals surface area contributed by atoms with Crippen molar-refractivity contribution in [3.05, 3.63) is 64.8 Å². The summed E-state index contributed by atoms with van der Waals surface area (Å²) in [6.07, 6.45) is 5.87. The summed E-state index contributed by atoms with van der Waals surface area (Å²) in [5, 5.41) is 14.6. The standard InChI is InChI=1S/C27H35N5O2S/c1-26(2)15-19-22-24(30-20(16-33)18-11-8-7-9-12-18)28-17-29-25(22)35-23(19)27(3,4)32(26)21(34)13-10-14-31(5)6/h7-13,17,20,33H,14-16H2,1-6H3,(H,28,29,30)/b13-10+/t20-/m1/s1. The molecule has 35 heavy (non-hydrogen) atoms. The van der Waals surface area contributed by atoms with Gasteiger partial charge in [-0.2, -0.15) is 0 Å². The minimum absolute atomic E-state index is 0.0128. The van der Waals surface area contributed by atoms with Crippen LogP contribution in [0.25, 0.3) is 10.2 Å². The molecular weight excluding hydrogens is 458 g/mol. The maximum atomic E-state index is 13.4. The Bertz CT molecular complexity index is 1230. The van der Waals surface area contributed by atoms with Gasteiger partial charge < -0.3 is 20.2 Å². The van der Waals surface area contributed by atoms with Crippen LogP contribution in [0.1, 0.15) is 49.7 Å². The highest BCUT2D eigenvalue weighted by atomic mass is 32.1. The number of fused-ring (bicyclic) bond motifs is 3. The van der Waals surface area contributed by atoms with E-state index in [2.05, 4.69) is 43.0 Å². The first-order valence-electron chi connectivity index (χ1n) is 11.9. The van der Waals surface area contributed by atoms with E-state index in [4.69, 9.17) is 0 Å². The van der Waals surface area contributed by atoms with Crippen molar-refractivity contribution in [2.24, 2.45) is 0 Å². The number of benzene rings is 1. The molecule has 1 aliphatic heterocycles. The number of likely N-dealkylation sites (N-methyl/N-ethyl adjacent to an activating group) is 1. The van der Waals surface area contributed by atoms with Gasteiger partial charge in [-0.05, 0) is 59.3 Å². The third-order valence-corrected chi connectivity index (χ3v) is 8.02. The highest BCUT2D eigenvalue weighted by Crippen LogP contribution is 2.50. The number of anilines is 1. The molecule has 0 saturated heterocycles. The van der Waals surface area contributed by atoms with Crippen LogP contribution in [0.3, 0.4) is 0 Å². The lowest BCUT2D eigenvalue weighted by atomic mass is 9.79. The van der Waals surface area contributed by atoms with E-state index >= 15 is 0 Å².